The largest absolute Gasteiger partial charge is 0.494 e. The molecule has 0 radical (unpaired) electrons. The highest BCUT2D eigenvalue weighted by Gasteiger charge is 2.27. The molecule has 2 aliphatic heterocycles. The van der Waals surface area contributed by atoms with E-state index in [-0.39, 0.29) is 18.0 Å². The number of rotatable bonds is 7. The van der Waals surface area contributed by atoms with Crippen LogP contribution in [0.3, 0.4) is 0 Å². The van der Waals surface area contributed by atoms with Crippen LogP contribution < -0.4 is 15.4 Å². The highest BCUT2D eigenvalue weighted by Crippen LogP contribution is 2.29. The van der Waals surface area contributed by atoms with Crippen molar-refractivity contribution >= 4 is 34.1 Å². The van der Waals surface area contributed by atoms with E-state index in [0.29, 0.717) is 37.9 Å². The maximum absolute atomic E-state index is 12.7. The molecular weight excluding hydrogens is 416 g/mol. The number of ether oxygens (including phenoxy) is 2. The molecule has 9 heteroatoms. The van der Waals surface area contributed by atoms with Gasteiger partial charge in [0.15, 0.2) is 5.13 Å². The van der Waals surface area contributed by atoms with E-state index in [1.165, 1.54) is 11.3 Å². The Hall–Kier alpha value is -2.65. The van der Waals surface area contributed by atoms with E-state index in [1.807, 2.05) is 24.3 Å². The van der Waals surface area contributed by atoms with Crippen LogP contribution in [0.1, 0.15) is 43.2 Å². The Morgan fingerprint density at radius 2 is 2.13 bits per heavy atom. The smallest absolute Gasteiger partial charge is 0.322 e. The molecule has 1 fully saturated rings. The molecule has 3 amide bonds. The number of hydrogen-bond acceptors (Lipinski definition) is 6. The van der Waals surface area contributed by atoms with Gasteiger partial charge in [-0.3, -0.25) is 10.1 Å². The first-order chi connectivity index (χ1) is 15.1. The molecule has 8 nitrogen and oxygen atoms in total. The number of carbonyl (C=O) groups is 2. The topological polar surface area (TPSA) is 92.8 Å². The van der Waals surface area contributed by atoms with Crippen molar-refractivity contribution in [3.8, 4) is 5.75 Å². The van der Waals surface area contributed by atoms with Gasteiger partial charge >= 0.3 is 6.03 Å². The summed E-state index contributed by atoms with van der Waals surface area (Å²) >= 11 is 1.42. The minimum Gasteiger partial charge on any atom is -0.494 e. The van der Waals surface area contributed by atoms with Gasteiger partial charge in [-0.1, -0.05) is 24.7 Å². The summed E-state index contributed by atoms with van der Waals surface area (Å²) in [5, 5.41) is 6.38. The molecule has 0 spiro atoms. The fourth-order valence-electron chi connectivity index (χ4n) is 3.56. The zero-order valence-corrected chi connectivity index (χ0v) is 18.5. The van der Waals surface area contributed by atoms with Crippen molar-refractivity contribution in [3.05, 3.63) is 34.8 Å². The predicted octanol–water partition coefficient (Wildman–Crippen LogP) is 4.03. The van der Waals surface area contributed by atoms with Crippen molar-refractivity contribution in [1.29, 1.82) is 0 Å². The summed E-state index contributed by atoms with van der Waals surface area (Å²) in [7, 11) is 0. The molecule has 2 aliphatic rings. The number of benzene rings is 1. The number of fused-ring (bicyclic) bond motifs is 1. The second kappa shape index (κ2) is 10.1. The van der Waals surface area contributed by atoms with Gasteiger partial charge in [0.1, 0.15) is 11.9 Å². The van der Waals surface area contributed by atoms with E-state index in [9.17, 15) is 9.59 Å². The Kier molecular flexibility index (Phi) is 7.03. The minimum atomic E-state index is -0.383. The van der Waals surface area contributed by atoms with Crippen LogP contribution in [-0.4, -0.2) is 47.7 Å². The molecule has 1 saturated heterocycles. The molecule has 0 saturated carbocycles. The third-order valence-electron chi connectivity index (χ3n) is 5.34. The van der Waals surface area contributed by atoms with Crippen molar-refractivity contribution in [2.24, 2.45) is 0 Å². The van der Waals surface area contributed by atoms with Crippen molar-refractivity contribution in [3.63, 3.8) is 0 Å². The summed E-state index contributed by atoms with van der Waals surface area (Å²) in [5.74, 6) is 0.664. The lowest BCUT2D eigenvalue weighted by molar-refractivity contribution is -0.124. The first-order valence-electron chi connectivity index (χ1n) is 10.8. The Balaban J connectivity index is 1.30. The number of thiazole rings is 1. The van der Waals surface area contributed by atoms with E-state index >= 15 is 0 Å². The van der Waals surface area contributed by atoms with Crippen molar-refractivity contribution in [2.45, 2.75) is 51.7 Å². The summed E-state index contributed by atoms with van der Waals surface area (Å²) in [6, 6.07) is 7.28. The third-order valence-corrected chi connectivity index (χ3v) is 6.34. The summed E-state index contributed by atoms with van der Waals surface area (Å²) in [6.07, 6.45) is 4.05. The van der Waals surface area contributed by atoms with E-state index in [1.54, 1.807) is 4.90 Å². The second-order valence-electron chi connectivity index (χ2n) is 7.71. The van der Waals surface area contributed by atoms with Crippen LogP contribution in [0.5, 0.6) is 5.75 Å². The number of unbranched alkanes of at least 4 members (excludes halogenated alkanes) is 1. The van der Waals surface area contributed by atoms with Gasteiger partial charge < -0.3 is 19.7 Å². The maximum Gasteiger partial charge on any atom is 0.322 e. The van der Waals surface area contributed by atoms with Crippen molar-refractivity contribution in [1.82, 2.24) is 9.88 Å². The third kappa shape index (κ3) is 5.54. The van der Waals surface area contributed by atoms with Gasteiger partial charge in [0, 0.05) is 30.1 Å². The SMILES string of the molecule is CCCCOc1ccc(NC(=O)N2CCc3nc(NC(=O)C4CCCO4)sc3C2)cc1. The zero-order valence-electron chi connectivity index (χ0n) is 17.7. The molecule has 3 heterocycles. The highest BCUT2D eigenvalue weighted by molar-refractivity contribution is 7.15. The first kappa shape index (κ1) is 21.6. The summed E-state index contributed by atoms with van der Waals surface area (Å²) in [5.41, 5.74) is 1.68. The van der Waals surface area contributed by atoms with Crippen LogP contribution >= 0.6 is 11.3 Å². The lowest BCUT2D eigenvalue weighted by atomic mass is 10.2. The normalized spacial score (nSPS) is 17.8. The quantitative estimate of drug-likeness (QED) is 0.629. The molecular formula is C22H28N4O4S. The number of nitrogens with one attached hydrogen (secondary N) is 2. The number of nitrogens with zero attached hydrogens (tertiary/aromatic N) is 2. The monoisotopic (exact) mass is 444 g/mol. The van der Waals surface area contributed by atoms with Crippen LogP contribution in [0, 0.1) is 0 Å². The molecule has 0 aliphatic carbocycles. The van der Waals surface area contributed by atoms with Gasteiger partial charge in [-0.15, -0.1) is 0 Å². The van der Waals surface area contributed by atoms with Gasteiger partial charge in [0.05, 0.1) is 18.8 Å². The van der Waals surface area contributed by atoms with Crippen LogP contribution in [0.4, 0.5) is 15.6 Å². The van der Waals surface area contributed by atoms with Gasteiger partial charge in [-0.05, 0) is 43.5 Å². The molecule has 2 N–H and O–H groups in total. The van der Waals surface area contributed by atoms with Crippen LogP contribution in [-0.2, 0) is 22.5 Å². The standard InChI is InChI=1S/C22H28N4O4S/c1-2-3-12-29-16-8-6-15(7-9-16)23-22(28)26-11-10-17-19(14-26)31-21(24-17)25-20(27)18-5-4-13-30-18/h6-9,18H,2-5,10-14H2,1H3,(H,23,28)(H,24,25,27). The maximum atomic E-state index is 12.7. The molecule has 1 aromatic carbocycles. The van der Waals surface area contributed by atoms with E-state index in [2.05, 4.69) is 22.5 Å². The number of urea groups is 1. The van der Waals surface area contributed by atoms with E-state index in [0.717, 1.165) is 47.7 Å². The summed E-state index contributed by atoms with van der Waals surface area (Å²) in [4.78, 5) is 32.3. The van der Waals surface area contributed by atoms with Gasteiger partial charge in [-0.2, -0.15) is 0 Å². The Morgan fingerprint density at radius 1 is 1.29 bits per heavy atom. The first-order valence-corrected chi connectivity index (χ1v) is 11.6. The van der Waals surface area contributed by atoms with Crippen LogP contribution in [0.2, 0.25) is 0 Å². The van der Waals surface area contributed by atoms with Crippen molar-refractivity contribution < 1.29 is 19.1 Å². The molecule has 2 aromatic rings. The zero-order chi connectivity index (χ0) is 21.6. The number of hydrogen-bond donors (Lipinski definition) is 2. The fraction of sp³-hybridized carbons (Fsp3) is 0.500. The summed E-state index contributed by atoms with van der Waals surface area (Å²) < 4.78 is 11.1. The number of carbonyl (C=O) groups excluding carboxylic acids is 2. The predicted molar refractivity (Wildman–Crippen MR) is 120 cm³/mol. The molecule has 166 valence electrons. The van der Waals surface area contributed by atoms with E-state index < -0.39 is 0 Å². The number of amides is 3. The van der Waals surface area contributed by atoms with Gasteiger partial charge in [0.25, 0.3) is 5.91 Å². The molecule has 1 aromatic heterocycles. The number of aromatic nitrogens is 1. The number of anilines is 2. The molecule has 31 heavy (non-hydrogen) atoms. The highest BCUT2D eigenvalue weighted by atomic mass is 32.1. The molecule has 4 rings (SSSR count). The Morgan fingerprint density at radius 3 is 2.87 bits per heavy atom. The van der Waals surface area contributed by atoms with Crippen LogP contribution in [0.25, 0.3) is 0 Å². The molecule has 1 unspecified atom stereocenters. The van der Waals surface area contributed by atoms with Gasteiger partial charge in [0.2, 0.25) is 0 Å². The lowest BCUT2D eigenvalue weighted by Gasteiger charge is -2.26. The Bertz CT molecular complexity index is 909. The minimum absolute atomic E-state index is 0.139. The fourth-order valence-corrected chi connectivity index (χ4v) is 4.59. The molecule has 0 bridgehead atoms. The van der Waals surface area contributed by atoms with Gasteiger partial charge in [-0.25, -0.2) is 9.78 Å². The molecule has 1 atom stereocenters. The second-order valence-corrected chi connectivity index (χ2v) is 8.79. The average molecular weight is 445 g/mol. The van der Waals surface area contributed by atoms with Crippen molar-refractivity contribution in [2.75, 3.05) is 30.4 Å². The van der Waals surface area contributed by atoms with Crippen LogP contribution in [0.15, 0.2) is 24.3 Å². The van der Waals surface area contributed by atoms with E-state index in [4.69, 9.17) is 9.47 Å². The lowest BCUT2D eigenvalue weighted by Crippen LogP contribution is -2.38. The Labute approximate surface area is 185 Å². The average Bonchev–Trinajstić information content (AvgIpc) is 3.44. The summed E-state index contributed by atoms with van der Waals surface area (Å²) in [6.45, 7) is 4.52.